The van der Waals surface area contributed by atoms with Crippen molar-refractivity contribution in [2.45, 2.75) is 13.8 Å². The Bertz CT molecular complexity index is 491. The van der Waals surface area contributed by atoms with Crippen molar-refractivity contribution in [1.82, 2.24) is 4.90 Å². The van der Waals surface area contributed by atoms with Crippen molar-refractivity contribution in [2.75, 3.05) is 13.1 Å². The maximum atomic E-state index is 13.2. The van der Waals surface area contributed by atoms with Gasteiger partial charge in [0.05, 0.1) is 5.56 Å². The number of amides is 1. The van der Waals surface area contributed by atoms with E-state index >= 15 is 0 Å². The van der Waals surface area contributed by atoms with Gasteiger partial charge in [0.1, 0.15) is 12.4 Å². The molecule has 1 amide bonds. The summed E-state index contributed by atoms with van der Waals surface area (Å²) in [4.78, 5) is 24.3. The maximum absolute atomic E-state index is 13.2. The van der Waals surface area contributed by atoms with Crippen molar-refractivity contribution in [3.8, 4) is 0 Å². The van der Waals surface area contributed by atoms with Crippen molar-refractivity contribution in [1.29, 1.82) is 0 Å². The number of carbonyl (C=O) groups is 2. The zero-order valence-electron chi connectivity index (χ0n) is 10.7. The topological polar surface area (TPSA) is 57.6 Å². The minimum absolute atomic E-state index is 0.121. The third kappa shape index (κ3) is 4.63. The molecule has 0 radical (unpaired) electrons. The highest BCUT2D eigenvalue weighted by atomic mass is 79.9. The van der Waals surface area contributed by atoms with Crippen molar-refractivity contribution < 1.29 is 19.1 Å². The summed E-state index contributed by atoms with van der Waals surface area (Å²) in [7, 11) is 0. The van der Waals surface area contributed by atoms with Gasteiger partial charge in [-0.3, -0.25) is 9.59 Å². The molecule has 0 saturated heterocycles. The van der Waals surface area contributed by atoms with Crippen LogP contribution in [0.5, 0.6) is 0 Å². The molecule has 0 aliphatic carbocycles. The van der Waals surface area contributed by atoms with Gasteiger partial charge in [-0.15, -0.1) is 0 Å². The van der Waals surface area contributed by atoms with Crippen LogP contribution in [0.25, 0.3) is 0 Å². The average Bonchev–Trinajstić information content (AvgIpc) is 2.29. The molecule has 6 heteroatoms. The van der Waals surface area contributed by atoms with E-state index in [2.05, 4.69) is 15.9 Å². The predicted molar refractivity (Wildman–Crippen MR) is 72.5 cm³/mol. The number of hydrogen-bond donors (Lipinski definition) is 1. The second kappa shape index (κ2) is 6.65. The Balaban J connectivity index is 3.03. The van der Waals surface area contributed by atoms with Gasteiger partial charge in [0.25, 0.3) is 5.91 Å². The van der Waals surface area contributed by atoms with Crippen LogP contribution in [0.1, 0.15) is 24.2 Å². The van der Waals surface area contributed by atoms with Crippen molar-refractivity contribution >= 4 is 27.8 Å². The molecule has 1 N–H and O–H groups in total. The van der Waals surface area contributed by atoms with E-state index in [1.807, 2.05) is 13.8 Å². The number of benzene rings is 1. The summed E-state index contributed by atoms with van der Waals surface area (Å²) >= 11 is 3.17. The number of rotatable bonds is 5. The van der Waals surface area contributed by atoms with Crippen LogP contribution in [-0.4, -0.2) is 35.0 Å². The lowest BCUT2D eigenvalue weighted by Crippen LogP contribution is -2.38. The van der Waals surface area contributed by atoms with Crippen molar-refractivity contribution in [3.63, 3.8) is 0 Å². The standard InChI is InChI=1S/C13H15BrFNO3/c1-8(2)6-16(7-12(17)18)13(19)10-5-9(15)3-4-11(10)14/h3-5,8H,6-7H2,1-2H3,(H,17,18). The number of carboxylic acids is 1. The highest BCUT2D eigenvalue weighted by Crippen LogP contribution is 2.20. The van der Waals surface area contributed by atoms with Crippen LogP contribution in [0.2, 0.25) is 0 Å². The molecule has 1 rings (SSSR count). The van der Waals surface area contributed by atoms with E-state index in [0.29, 0.717) is 11.0 Å². The first kappa shape index (κ1) is 15.6. The summed E-state index contributed by atoms with van der Waals surface area (Å²) < 4.78 is 13.6. The molecular formula is C13H15BrFNO3. The van der Waals surface area contributed by atoms with E-state index in [-0.39, 0.29) is 11.5 Å². The van der Waals surface area contributed by atoms with Gasteiger partial charge in [-0.25, -0.2) is 4.39 Å². The Kier molecular flexibility index (Phi) is 5.47. The van der Waals surface area contributed by atoms with E-state index < -0.39 is 24.2 Å². The SMILES string of the molecule is CC(C)CN(CC(=O)O)C(=O)c1cc(F)ccc1Br. The molecule has 0 fully saturated rings. The summed E-state index contributed by atoms with van der Waals surface area (Å²) in [6.07, 6.45) is 0. The van der Waals surface area contributed by atoms with Crippen LogP contribution >= 0.6 is 15.9 Å². The second-order valence-electron chi connectivity index (χ2n) is 4.60. The number of carboxylic acid groups (broad SMARTS) is 1. The summed E-state index contributed by atoms with van der Waals surface area (Å²) in [6.45, 7) is 3.65. The third-order valence-corrected chi connectivity index (χ3v) is 3.05. The predicted octanol–water partition coefficient (Wildman–Crippen LogP) is 2.77. The zero-order chi connectivity index (χ0) is 14.6. The smallest absolute Gasteiger partial charge is 0.323 e. The molecule has 1 aromatic rings. The van der Waals surface area contributed by atoms with Gasteiger partial charge in [0.2, 0.25) is 0 Å². The zero-order valence-corrected chi connectivity index (χ0v) is 12.3. The van der Waals surface area contributed by atoms with Gasteiger partial charge in [0, 0.05) is 11.0 Å². The minimum Gasteiger partial charge on any atom is -0.480 e. The maximum Gasteiger partial charge on any atom is 0.323 e. The Morgan fingerprint density at radius 1 is 1.42 bits per heavy atom. The van der Waals surface area contributed by atoms with Crippen LogP contribution < -0.4 is 0 Å². The first-order chi connectivity index (χ1) is 8.81. The van der Waals surface area contributed by atoms with Gasteiger partial charge in [-0.1, -0.05) is 13.8 Å². The van der Waals surface area contributed by atoms with Gasteiger partial charge < -0.3 is 10.0 Å². The van der Waals surface area contributed by atoms with Gasteiger partial charge >= 0.3 is 5.97 Å². The Hall–Kier alpha value is -1.43. The number of nitrogens with zero attached hydrogens (tertiary/aromatic N) is 1. The molecule has 0 heterocycles. The molecule has 0 saturated carbocycles. The van der Waals surface area contributed by atoms with Gasteiger partial charge in [0.15, 0.2) is 0 Å². The molecule has 104 valence electrons. The van der Waals surface area contributed by atoms with E-state index in [9.17, 15) is 14.0 Å². The molecule has 0 aromatic heterocycles. The van der Waals surface area contributed by atoms with E-state index in [0.717, 1.165) is 6.07 Å². The third-order valence-electron chi connectivity index (χ3n) is 2.36. The van der Waals surface area contributed by atoms with Crippen LogP contribution in [-0.2, 0) is 4.79 Å². The molecule has 4 nitrogen and oxygen atoms in total. The normalized spacial score (nSPS) is 10.6. The van der Waals surface area contributed by atoms with Crippen molar-refractivity contribution in [3.05, 3.63) is 34.1 Å². The average molecular weight is 332 g/mol. The van der Waals surface area contributed by atoms with Crippen LogP contribution in [0.4, 0.5) is 4.39 Å². The first-order valence-corrected chi connectivity index (χ1v) is 6.56. The number of carbonyl (C=O) groups excluding carboxylic acids is 1. The monoisotopic (exact) mass is 331 g/mol. The van der Waals surface area contributed by atoms with Gasteiger partial charge in [-0.2, -0.15) is 0 Å². The second-order valence-corrected chi connectivity index (χ2v) is 5.45. The van der Waals surface area contributed by atoms with E-state index in [1.165, 1.54) is 17.0 Å². The highest BCUT2D eigenvalue weighted by molar-refractivity contribution is 9.10. The molecule has 1 aromatic carbocycles. The molecule has 0 atom stereocenters. The van der Waals surface area contributed by atoms with Crippen molar-refractivity contribution in [2.24, 2.45) is 5.92 Å². The van der Waals surface area contributed by atoms with Crippen LogP contribution in [0, 0.1) is 11.7 Å². The van der Waals surface area contributed by atoms with Gasteiger partial charge in [-0.05, 0) is 40.0 Å². The number of halogens is 2. The summed E-state index contributed by atoms with van der Waals surface area (Å²) in [5, 5.41) is 8.84. The summed E-state index contributed by atoms with van der Waals surface area (Å²) in [5.74, 6) is -2.01. The lowest BCUT2D eigenvalue weighted by atomic mass is 10.1. The minimum atomic E-state index is -1.10. The molecule has 0 bridgehead atoms. The van der Waals surface area contributed by atoms with Crippen LogP contribution in [0.15, 0.2) is 22.7 Å². The first-order valence-electron chi connectivity index (χ1n) is 5.77. The lowest BCUT2D eigenvalue weighted by Gasteiger charge is -2.23. The summed E-state index contributed by atoms with van der Waals surface area (Å²) in [5.41, 5.74) is 0.127. The fourth-order valence-electron chi connectivity index (χ4n) is 1.66. The molecule has 0 spiro atoms. The summed E-state index contributed by atoms with van der Waals surface area (Å²) in [6, 6.07) is 3.75. The Morgan fingerprint density at radius 3 is 2.58 bits per heavy atom. The fraction of sp³-hybridized carbons (Fsp3) is 0.385. The molecule has 0 unspecified atom stereocenters. The molecule has 19 heavy (non-hydrogen) atoms. The Morgan fingerprint density at radius 2 is 2.05 bits per heavy atom. The van der Waals surface area contributed by atoms with E-state index in [4.69, 9.17) is 5.11 Å². The molecule has 0 aliphatic heterocycles. The highest BCUT2D eigenvalue weighted by Gasteiger charge is 2.21. The van der Waals surface area contributed by atoms with Crippen LogP contribution in [0.3, 0.4) is 0 Å². The fourth-order valence-corrected chi connectivity index (χ4v) is 2.07. The lowest BCUT2D eigenvalue weighted by molar-refractivity contribution is -0.137. The number of hydrogen-bond acceptors (Lipinski definition) is 2. The van der Waals surface area contributed by atoms with E-state index in [1.54, 1.807) is 0 Å². The number of aliphatic carboxylic acids is 1. The Labute approximate surface area is 119 Å². The quantitative estimate of drug-likeness (QED) is 0.902. The molecule has 0 aliphatic rings. The largest absolute Gasteiger partial charge is 0.480 e. The molecular weight excluding hydrogens is 317 g/mol.